The second-order valence-corrected chi connectivity index (χ2v) is 6.83. The molecule has 1 fully saturated rings. The number of nitrogens with zero attached hydrogens (tertiary/aromatic N) is 2. The summed E-state index contributed by atoms with van der Waals surface area (Å²) >= 11 is 0. The van der Waals surface area contributed by atoms with Crippen LogP contribution in [0.5, 0.6) is 5.75 Å². The molecule has 0 spiro atoms. The van der Waals surface area contributed by atoms with Crippen LogP contribution in [0.2, 0.25) is 0 Å². The van der Waals surface area contributed by atoms with E-state index in [-0.39, 0.29) is 5.76 Å². The van der Waals surface area contributed by atoms with Gasteiger partial charge in [-0.25, -0.2) is 9.18 Å². The molecule has 1 N–H and O–H groups in total. The molecule has 3 aromatic rings. The third kappa shape index (κ3) is 3.32. The zero-order valence-corrected chi connectivity index (χ0v) is 16.3. The molecule has 7 nitrogen and oxygen atoms in total. The van der Waals surface area contributed by atoms with Crippen LogP contribution in [0.3, 0.4) is 0 Å². The molecule has 0 radical (unpaired) electrons. The predicted octanol–water partition coefficient (Wildman–Crippen LogP) is 3.90. The van der Waals surface area contributed by atoms with Gasteiger partial charge in [0.2, 0.25) is 0 Å². The van der Waals surface area contributed by atoms with Gasteiger partial charge in [-0.15, -0.1) is 5.01 Å². The van der Waals surface area contributed by atoms with Crippen LogP contribution in [0, 0.1) is 5.82 Å². The van der Waals surface area contributed by atoms with Crippen LogP contribution in [-0.4, -0.2) is 30.3 Å². The van der Waals surface area contributed by atoms with E-state index >= 15 is 0 Å². The maximum Gasteiger partial charge on any atom is 0.346 e. The first-order valence-corrected chi connectivity index (χ1v) is 9.12. The van der Waals surface area contributed by atoms with Crippen LogP contribution in [0.1, 0.15) is 18.2 Å². The smallest absolute Gasteiger partial charge is 0.346 e. The number of imide groups is 1. The van der Waals surface area contributed by atoms with E-state index in [1.807, 2.05) is 0 Å². The second-order valence-electron chi connectivity index (χ2n) is 6.83. The normalized spacial score (nSPS) is 18.8. The number of benzene rings is 2. The minimum Gasteiger partial charge on any atom is -0.497 e. The van der Waals surface area contributed by atoms with E-state index in [1.54, 1.807) is 68.6 Å². The summed E-state index contributed by atoms with van der Waals surface area (Å²) in [6.45, 7) is 1.60. The molecule has 0 aliphatic carbocycles. The summed E-state index contributed by atoms with van der Waals surface area (Å²) in [6.07, 6.45) is 1.24. The molecule has 0 unspecified atom stereocenters. The number of rotatable bonds is 5. The predicted molar refractivity (Wildman–Crippen MR) is 107 cm³/mol. The quantitative estimate of drug-likeness (QED) is 0.514. The molecule has 1 saturated heterocycles. The summed E-state index contributed by atoms with van der Waals surface area (Å²) < 4.78 is 24.6. The van der Waals surface area contributed by atoms with Crippen LogP contribution < -0.4 is 10.1 Å². The highest BCUT2D eigenvalue weighted by atomic mass is 19.1. The number of hydrogen-bond acceptors (Lipinski definition) is 5. The first-order valence-electron chi connectivity index (χ1n) is 9.12. The molecule has 1 aromatic heterocycles. The lowest BCUT2D eigenvalue weighted by Gasteiger charge is -2.21. The lowest BCUT2D eigenvalue weighted by atomic mass is 9.92. The number of hydrazone groups is 1. The molecule has 8 heteroatoms. The number of nitrogens with one attached hydrogen (secondary N) is 1. The number of furan rings is 1. The van der Waals surface area contributed by atoms with E-state index in [9.17, 15) is 14.0 Å². The van der Waals surface area contributed by atoms with Crippen LogP contribution >= 0.6 is 0 Å². The van der Waals surface area contributed by atoms with E-state index in [0.717, 1.165) is 5.01 Å². The van der Waals surface area contributed by atoms with Crippen LogP contribution in [-0.2, 0) is 10.3 Å². The van der Waals surface area contributed by atoms with E-state index in [0.29, 0.717) is 22.6 Å². The standard InChI is InChI=1S/C22H18FN3O4/c1-22(14-7-9-15(29-2)10-8-14)20(27)26(21(28)25-22)24-13-16-11-12-19(30-16)17-5-3-4-6-18(17)23/h3-13H,1-2H3,(H,25,28)/b24-13-/t22-/m1/s1. The summed E-state index contributed by atoms with van der Waals surface area (Å²) in [5.74, 6) is 0.272. The van der Waals surface area contributed by atoms with E-state index in [1.165, 1.54) is 12.3 Å². The van der Waals surface area contributed by atoms with Crippen molar-refractivity contribution in [2.24, 2.45) is 5.10 Å². The number of carbonyl (C=O) groups is 2. The Balaban J connectivity index is 1.55. The van der Waals surface area contributed by atoms with Crippen LogP contribution in [0.15, 0.2) is 70.2 Å². The number of carbonyl (C=O) groups excluding carboxylic acids is 2. The Morgan fingerprint density at radius 2 is 1.83 bits per heavy atom. The summed E-state index contributed by atoms with van der Waals surface area (Å²) in [6, 6.07) is 15.5. The molecule has 152 valence electrons. The number of methoxy groups -OCH3 is 1. The SMILES string of the molecule is COc1ccc([C@@]2(C)NC(=O)N(/N=C\c3ccc(-c4ccccc4F)o3)C2=O)cc1. The molecule has 0 bridgehead atoms. The fourth-order valence-corrected chi connectivity index (χ4v) is 3.19. The van der Waals surface area contributed by atoms with E-state index < -0.39 is 23.3 Å². The lowest BCUT2D eigenvalue weighted by molar-refractivity contribution is -0.131. The van der Waals surface area contributed by atoms with Crippen molar-refractivity contribution in [3.05, 3.63) is 77.8 Å². The van der Waals surface area contributed by atoms with Gasteiger partial charge in [0.05, 0.1) is 18.9 Å². The van der Waals surface area contributed by atoms with Gasteiger partial charge in [0, 0.05) is 0 Å². The number of ether oxygens (including phenoxy) is 1. The molecule has 30 heavy (non-hydrogen) atoms. The van der Waals surface area contributed by atoms with Gasteiger partial charge in [-0.1, -0.05) is 24.3 Å². The Labute approximate surface area is 171 Å². The molecule has 1 aliphatic heterocycles. The summed E-state index contributed by atoms with van der Waals surface area (Å²) in [4.78, 5) is 25.3. The van der Waals surface area contributed by atoms with Crippen LogP contribution in [0.4, 0.5) is 9.18 Å². The molecule has 4 rings (SSSR count). The van der Waals surface area contributed by atoms with Crippen molar-refractivity contribution in [2.45, 2.75) is 12.5 Å². The molecular weight excluding hydrogens is 389 g/mol. The Bertz CT molecular complexity index is 1140. The van der Waals surface area contributed by atoms with Crippen molar-refractivity contribution in [1.82, 2.24) is 10.3 Å². The molecule has 1 aliphatic rings. The first kappa shape index (κ1) is 19.4. The second kappa shape index (κ2) is 7.47. The van der Waals surface area contributed by atoms with E-state index in [2.05, 4.69) is 10.4 Å². The van der Waals surface area contributed by atoms with Crippen molar-refractivity contribution in [3.63, 3.8) is 0 Å². The highest BCUT2D eigenvalue weighted by molar-refractivity contribution is 6.07. The Morgan fingerprint density at radius 1 is 1.10 bits per heavy atom. The summed E-state index contributed by atoms with van der Waals surface area (Å²) in [7, 11) is 1.54. The van der Waals surface area contributed by atoms with Gasteiger partial charge in [0.25, 0.3) is 5.91 Å². The third-order valence-electron chi connectivity index (χ3n) is 4.90. The van der Waals surface area contributed by atoms with Gasteiger partial charge in [0.15, 0.2) is 0 Å². The average Bonchev–Trinajstić information content (AvgIpc) is 3.30. The number of halogens is 1. The molecule has 2 heterocycles. The van der Waals surface area contributed by atoms with Crippen molar-refractivity contribution in [3.8, 4) is 17.1 Å². The minimum absolute atomic E-state index is 0.270. The third-order valence-corrected chi connectivity index (χ3v) is 4.90. The maximum absolute atomic E-state index is 13.9. The fourth-order valence-electron chi connectivity index (χ4n) is 3.19. The first-order chi connectivity index (χ1) is 14.4. The largest absolute Gasteiger partial charge is 0.497 e. The van der Waals surface area contributed by atoms with Gasteiger partial charge in [0.1, 0.15) is 28.6 Å². The van der Waals surface area contributed by atoms with Gasteiger partial charge < -0.3 is 14.5 Å². The van der Waals surface area contributed by atoms with Crippen molar-refractivity contribution in [2.75, 3.05) is 7.11 Å². The van der Waals surface area contributed by atoms with Gasteiger partial charge >= 0.3 is 6.03 Å². The highest BCUT2D eigenvalue weighted by Gasteiger charge is 2.49. The number of amides is 3. The fraction of sp³-hybridized carbons (Fsp3) is 0.136. The van der Waals surface area contributed by atoms with Crippen molar-refractivity contribution in [1.29, 1.82) is 0 Å². The number of hydrogen-bond donors (Lipinski definition) is 1. The number of urea groups is 1. The molecule has 3 amide bonds. The summed E-state index contributed by atoms with van der Waals surface area (Å²) in [5, 5.41) is 7.38. The highest BCUT2D eigenvalue weighted by Crippen LogP contribution is 2.30. The molecule has 0 saturated carbocycles. The minimum atomic E-state index is -1.26. The van der Waals surface area contributed by atoms with Gasteiger partial charge in [-0.3, -0.25) is 4.79 Å². The Hall–Kier alpha value is -3.94. The molecule has 1 atom stereocenters. The zero-order valence-electron chi connectivity index (χ0n) is 16.3. The maximum atomic E-state index is 13.9. The topological polar surface area (TPSA) is 84.1 Å². The average molecular weight is 407 g/mol. The Morgan fingerprint density at radius 3 is 2.53 bits per heavy atom. The van der Waals surface area contributed by atoms with Crippen molar-refractivity contribution >= 4 is 18.2 Å². The lowest BCUT2D eigenvalue weighted by Crippen LogP contribution is -2.40. The zero-order chi connectivity index (χ0) is 21.3. The Kier molecular flexibility index (Phi) is 4.83. The molecule has 2 aromatic carbocycles. The van der Waals surface area contributed by atoms with Crippen LogP contribution in [0.25, 0.3) is 11.3 Å². The summed E-state index contributed by atoms with van der Waals surface area (Å²) in [5.41, 5.74) is -0.360. The monoisotopic (exact) mass is 407 g/mol. The molecular formula is C22H18FN3O4. The van der Waals surface area contributed by atoms with Gasteiger partial charge in [-0.2, -0.15) is 5.10 Å². The van der Waals surface area contributed by atoms with Crippen molar-refractivity contribution < 1.29 is 23.1 Å². The van der Waals surface area contributed by atoms with E-state index in [4.69, 9.17) is 9.15 Å². The van der Waals surface area contributed by atoms with Gasteiger partial charge in [-0.05, 0) is 48.9 Å².